The fourth-order valence-electron chi connectivity index (χ4n) is 1.34. The molecule has 0 aromatic rings. The van der Waals surface area contributed by atoms with Gasteiger partial charge in [0, 0.05) is 6.42 Å². The number of allylic oxidation sites excluding steroid dienone is 1. The van der Waals surface area contributed by atoms with Crippen molar-refractivity contribution in [2.75, 3.05) is 6.61 Å². The first kappa shape index (κ1) is 9.49. The second kappa shape index (κ2) is 3.42. The maximum Gasteiger partial charge on any atom is 0.125 e. The van der Waals surface area contributed by atoms with Crippen molar-refractivity contribution in [3.05, 3.63) is 24.3 Å². The molecule has 1 fully saturated rings. The predicted molar refractivity (Wildman–Crippen MR) is 48.9 cm³/mol. The Morgan fingerprint density at radius 2 is 2.42 bits per heavy atom. The van der Waals surface area contributed by atoms with E-state index in [1.807, 2.05) is 19.9 Å². The summed E-state index contributed by atoms with van der Waals surface area (Å²) in [6.07, 6.45) is 3.86. The third-order valence-electron chi connectivity index (χ3n) is 2.03. The zero-order valence-corrected chi connectivity index (χ0v) is 7.71. The van der Waals surface area contributed by atoms with Crippen molar-refractivity contribution in [1.29, 1.82) is 0 Å². The van der Waals surface area contributed by atoms with Gasteiger partial charge in [-0.15, -0.1) is 6.58 Å². The zero-order chi connectivity index (χ0) is 9.19. The van der Waals surface area contributed by atoms with Gasteiger partial charge < -0.3 is 9.84 Å². The number of aliphatic hydroxyl groups is 1. The van der Waals surface area contributed by atoms with Crippen molar-refractivity contribution in [2.45, 2.75) is 32.0 Å². The van der Waals surface area contributed by atoms with Crippen LogP contribution in [0.15, 0.2) is 24.3 Å². The topological polar surface area (TPSA) is 32.8 Å². The van der Waals surface area contributed by atoms with Gasteiger partial charge in [-0.3, -0.25) is 0 Å². The maximum absolute atomic E-state index is 9.64. The molecular weight excluding hydrogens is 152 g/mol. The minimum absolute atomic E-state index is 0.349. The van der Waals surface area contributed by atoms with Crippen LogP contribution in [0.1, 0.15) is 20.3 Å². The first-order chi connectivity index (χ1) is 5.60. The van der Waals surface area contributed by atoms with Gasteiger partial charge in [-0.25, -0.2) is 0 Å². The summed E-state index contributed by atoms with van der Waals surface area (Å²) in [6, 6.07) is 0. The Hall–Kier alpha value is -0.600. The lowest BCUT2D eigenvalue weighted by molar-refractivity contribution is 0.112. The summed E-state index contributed by atoms with van der Waals surface area (Å²) in [7, 11) is 0. The van der Waals surface area contributed by atoms with Crippen molar-refractivity contribution in [1.82, 2.24) is 0 Å². The molecule has 0 spiro atoms. The minimum Gasteiger partial charge on any atom is -0.386 e. The van der Waals surface area contributed by atoms with E-state index < -0.39 is 6.10 Å². The fourth-order valence-corrected chi connectivity index (χ4v) is 1.34. The molecular formula is C10H16O2. The Labute approximate surface area is 73.5 Å². The van der Waals surface area contributed by atoms with Crippen LogP contribution < -0.4 is 0 Å². The molecule has 0 aromatic carbocycles. The molecule has 1 aliphatic rings. The molecule has 2 nitrogen and oxygen atoms in total. The Balaban J connectivity index is 2.53. The van der Waals surface area contributed by atoms with Gasteiger partial charge in [-0.05, 0) is 13.8 Å². The van der Waals surface area contributed by atoms with Crippen molar-refractivity contribution in [2.24, 2.45) is 0 Å². The van der Waals surface area contributed by atoms with Gasteiger partial charge in [-0.1, -0.05) is 17.7 Å². The number of hydrogen-bond acceptors (Lipinski definition) is 2. The molecule has 1 rings (SSSR count). The summed E-state index contributed by atoms with van der Waals surface area (Å²) in [5.74, 6) is 0. The molecule has 0 amide bonds. The third kappa shape index (κ3) is 1.96. The smallest absolute Gasteiger partial charge is 0.125 e. The maximum atomic E-state index is 9.64. The molecule has 0 radical (unpaired) electrons. The summed E-state index contributed by atoms with van der Waals surface area (Å²) >= 11 is 0. The Bertz CT molecular complexity index is 202. The molecule has 0 aromatic heterocycles. The van der Waals surface area contributed by atoms with Gasteiger partial charge in [0.05, 0.1) is 6.61 Å². The van der Waals surface area contributed by atoms with E-state index in [2.05, 4.69) is 6.58 Å². The average Bonchev–Trinajstić information content (AvgIpc) is 2.69. The average molecular weight is 168 g/mol. The van der Waals surface area contributed by atoms with Gasteiger partial charge in [-0.2, -0.15) is 0 Å². The summed E-state index contributed by atoms with van der Waals surface area (Å²) < 4.78 is 5.26. The highest BCUT2D eigenvalue weighted by atomic mass is 16.6. The summed E-state index contributed by atoms with van der Waals surface area (Å²) in [6.45, 7) is 8.29. The largest absolute Gasteiger partial charge is 0.386 e. The van der Waals surface area contributed by atoms with Crippen LogP contribution in [-0.2, 0) is 4.74 Å². The molecule has 68 valence electrons. The monoisotopic (exact) mass is 168 g/mol. The van der Waals surface area contributed by atoms with Crippen LogP contribution in [0, 0.1) is 0 Å². The van der Waals surface area contributed by atoms with E-state index in [1.165, 1.54) is 0 Å². The molecule has 1 N–H and O–H groups in total. The van der Waals surface area contributed by atoms with Crippen LogP contribution in [0.2, 0.25) is 0 Å². The van der Waals surface area contributed by atoms with Crippen molar-refractivity contribution < 1.29 is 9.84 Å². The van der Waals surface area contributed by atoms with Crippen molar-refractivity contribution in [3.63, 3.8) is 0 Å². The standard InChI is InChI=1S/C10H16O2/c1-4-5-9(11)10(7-12-10)6-8(2)3/h4-5,9,11H,2,6-7H2,1,3H3/b5-4+/t9-,10-/m1/s1. The first-order valence-corrected chi connectivity index (χ1v) is 4.20. The van der Waals surface area contributed by atoms with E-state index in [0.29, 0.717) is 6.61 Å². The molecule has 12 heavy (non-hydrogen) atoms. The van der Waals surface area contributed by atoms with Crippen LogP contribution in [-0.4, -0.2) is 23.4 Å². The van der Waals surface area contributed by atoms with Gasteiger partial charge in [0.15, 0.2) is 0 Å². The van der Waals surface area contributed by atoms with E-state index in [1.54, 1.807) is 6.08 Å². The lowest BCUT2D eigenvalue weighted by Gasteiger charge is -2.15. The Morgan fingerprint density at radius 1 is 1.83 bits per heavy atom. The molecule has 1 saturated heterocycles. The number of hydrogen-bond donors (Lipinski definition) is 1. The SMILES string of the molecule is C=C(C)C[C@]1([C@H](O)/C=C/C)CO1. The van der Waals surface area contributed by atoms with E-state index in [4.69, 9.17) is 4.74 Å². The van der Waals surface area contributed by atoms with E-state index in [9.17, 15) is 5.11 Å². The molecule has 1 aliphatic heterocycles. The first-order valence-electron chi connectivity index (χ1n) is 4.20. The third-order valence-corrected chi connectivity index (χ3v) is 2.03. The van der Waals surface area contributed by atoms with Crippen molar-refractivity contribution >= 4 is 0 Å². The number of rotatable bonds is 4. The van der Waals surface area contributed by atoms with Gasteiger partial charge in [0.2, 0.25) is 0 Å². The van der Waals surface area contributed by atoms with Crippen LogP contribution in [0.25, 0.3) is 0 Å². The molecule has 2 heteroatoms. The van der Waals surface area contributed by atoms with Crippen molar-refractivity contribution in [3.8, 4) is 0 Å². The fraction of sp³-hybridized carbons (Fsp3) is 0.600. The van der Waals surface area contributed by atoms with Crippen LogP contribution in [0.3, 0.4) is 0 Å². The Morgan fingerprint density at radius 3 is 2.75 bits per heavy atom. The highest BCUT2D eigenvalue weighted by Crippen LogP contribution is 2.37. The molecule has 0 saturated carbocycles. The number of epoxide rings is 1. The van der Waals surface area contributed by atoms with E-state index in [-0.39, 0.29) is 5.60 Å². The quantitative estimate of drug-likeness (QED) is 0.511. The normalized spacial score (nSPS) is 30.6. The highest BCUT2D eigenvalue weighted by Gasteiger charge is 2.49. The van der Waals surface area contributed by atoms with Crippen LogP contribution in [0.4, 0.5) is 0 Å². The summed E-state index contributed by atoms with van der Waals surface area (Å²) in [5, 5.41) is 9.64. The Kier molecular flexibility index (Phi) is 2.70. The summed E-state index contributed by atoms with van der Waals surface area (Å²) in [4.78, 5) is 0. The minimum atomic E-state index is -0.487. The van der Waals surface area contributed by atoms with E-state index in [0.717, 1.165) is 12.0 Å². The highest BCUT2D eigenvalue weighted by molar-refractivity contribution is 5.13. The number of ether oxygens (including phenoxy) is 1. The zero-order valence-electron chi connectivity index (χ0n) is 7.71. The molecule has 0 aliphatic carbocycles. The second-order valence-electron chi connectivity index (χ2n) is 3.46. The lowest BCUT2D eigenvalue weighted by Crippen LogP contribution is -2.28. The van der Waals surface area contributed by atoms with Gasteiger partial charge in [0.25, 0.3) is 0 Å². The molecule has 0 bridgehead atoms. The molecule has 2 atom stereocenters. The van der Waals surface area contributed by atoms with Gasteiger partial charge in [0.1, 0.15) is 11.7 Å². The van der Waals surface area contributed by atoms with Gasteiger partial charge >= 0.3 is 0 Å². The molecule has 0 unspecified atom stereocenters. The number of aliphatic hydroxyl groups excluding tert-OH is 1. The van der Waals surface area contributed by atoms with Crippen LogP contribution >= 0.6 is 0 Å². The second-order valence-corrected chi connectivity index (χ2v) is 3.46. The van der Waals surface area contributed by atoms with Crippen LogP contribution in [0.5, 0.6) is 0 Å². The molecule has 1 heterocycles. The van der Waals surface area contributed by atoms with E-state index >= 15 is 0 Å². The predicted octanol–water partition coefficient (Wildman–Crippen LogP) is 1.66. The summed E-state index contributed by atoms with van der Waals surface area (Å²) in [5.41, 5.74) is 0.703. The lowest BCUT2D eigenvalue weighted by atomic mass is 9.95.